The molecule has 0 radical (unpaired) electrons. The minimum atomic E-state index is -0.908. The van der Waals surface area contributed by atoms with E-state index in [1.807, 2.05) is 0 Å². The van der Waals surface area contributed by atoms with Crippen molar-refractivity contribution < 1.29 is 18.8 Å². The lowest BCUT2D eigenvalue weighted by molar-refractivity contribution is -0.119. The fourth-order valence-corrected chi connectivity index (χ4v) is 1.64. The maximum Gasteiger partial charge on any atom is 0.235 e. The quantitative estimate of drug-likeness (QED) is 0.338. The summed E-state index contributed by atoms with van der Waals surface area (Å²) >= 11 is 0. The molecule has 0 fully saturated rings. The zero-order valence-corrected chi connectivity index (χ0v) is 10.5. The van der Waals surface area contributed by atoms with Crippen molar-refractivity contribution in [2.45, 2.75) is 13.8 Å². The molecule has 104 valence electrons. The maximum atomic E-state index is 13.4. The van der Waals surface area contributed by atoms with E-state index in [1.165, 1.54) is 0 Å². The van der Waals surface area contributed by atoms with Gasteiger partial charge in [0.25, 0.3) is 0 Å². The van der Waals surface area contributed by atoms with Gasteiger partial charge in [-0.05, 0) is 18.1 Å². The van der Waals surface area contributed by atoms with Crippen LogP contribution in [0, 0.1) is 23.5 Å². The molecule has 0 aliphatic rings. The van der Waals surface area contributed by atoms with Crippen LogP contribution in [0.2, 0.25) is 0 Å². The smallest absolute Gasteiger partial charge is 0.235 e. The fourth-order valence-electron chi connectivity index (χ4n) is 1.64. The van der Waals surface area contributed by atoms with Crippen molar-refractivity contribution in [1.82, 2.24) is 0 Å². The average molecular weight is 271 g/mol. The van der Waals surface area contributed by atoms with Crippen LogP contribution in [0.4, 0.5) is 14.5 Å². The fraction of sp³-hybridized carbons (Fsp3) is 0.333. The van der Waals surface area contributed by atoms with Gasteiger partial charge in [0.15, 0.2) is 5.84 Å². The lowest BCUT2D eigenvalue weighted by Crippen LogP contribution is -2.38. The monoisotopic (exact) mass is 271 g/mol. The van der Waals surface area contributed by atoms with Crippen molar-refractivity contribution >= 4 is 17.4 Å². The standard InChI is InChI=1S/C12H15F2N3O2/c1-6(2)10(11(15)17-19)12(18)16-9-4-3-7(13)5-8(9)14/h3-6,10,19H,1-2H3,(H2,15,17)(H,16,18). The Kier molecular flexibility index (Phi) is 4.80. The number of benzene rings is 1. The maximum absolute atomic E-state index is 13.4. The lowest BCUT2D eigenvalue weighted by atomic mass is 9.94. The molecule has 4 N–H and O–H groups in total. The van der Waals surface area contributed by atoms with Gasteiger partial charge in [-0.2, -0.15) is 0 Å². The number of carbonyl (C=O) groups is 1. The molecule has 0 aromatic heterocycles. The SMILES string of the molecule is CC(C)C(C(=O)Nc1ccc(F)cc1F)C(N)=NO. The number of hydrogen-bond donors (Lipinski definition) is 3. The van der Waals surface area contributed by atoms with Crippen LogP contribution in [0.1, 0.15) is 13.8 Å². The molecule has 0 aliphatic heterocycles. The number of oxime groups is 1. The number of hydrogen-bond acceptors (Lipinski definition) is 3. The molecule has 7 heteroatoms. The summed E-state index contributed by atoms with van der Waals surface area (Å²) in [5.41, 5.74) is 5.26. The second kappa shape index (κ2) is 6.12. The van der Waals surface area contributed by atoms with E-state index in [1.54, 1.807) is 13.8 Å². The second-order valence-electron chi connectivity index (χ2n) is 4.36. The Balaban J connectivity index is 2.94. The molecule has 0 heterocycles. The topological polar surface area (TPSA) is 87.7 Å². The highest BCUT2D eigenvalue weighted by molar-refractivity contribution is 6.07. The Labute approximate surface area is 109 Å². The van der Waals surface area contributed by atoms with Crippen molar-refractivity contribution in [2.24, 2.45) is 22.7 Å². The predicted octanol–water partition coefficient (Wildman–Crippen LogP) is 1.92. The summed E-state index contributed by atoms with van der Waals surface area (Å²) in [5.74, 6) is -3.69. The molecule has 0 saturated carbocycles. The number of nitrogens with two attached hydrogens (primary N) is 1. The molecule has 1 rings (SSSR count). The van der Waals surface area contributed by atoms with Crippen LogP contribution in [0.25, 0.3) is 0 Å². The van der Waals surface area contributed by atoms with Crippen LogP contribution in [-0.4, -0.2) is 17.0 Å². The van der Waals surface area contributed by atoms with E-state index in [4.69, 9.17) is 10.9 Å². The van der Waals surface area contributed by atoms with Crippen molar-refractivity contribution in [3.8, 4) is 0 Å². The van der Waals surface area contributed by atoms with E-state index in [-0.39, 0.29) is 17.4 Å². The summed E-state index contributed by atoms with van der Waals surface area (Å²) in [4.78, 5) is 11.9. The molecule has 0 aliphatic carbocycles. The van der Waals surface area contributed by atoms with Crippen molar-refractivity contribution in [2.75, 3.05) is 5.32 Å². The van der Waals surface area contributed by atoms with E-state index in [0.717, 1.165) is 12.1 Å². The highest BCUT2D eigenvalue weighted by atomic mass is 19.1. The molecule has 1 aromatic rings. The first-order valence-corrected chi connectivity index (χ1v) is 5.60. The van der Waals surface area contributed by atoms with Crippen LogP contribution in [-0.2, 0) is 4.79 Å². The van der Waals surface area contributed by atoms with E-state index in [0.29, 0.717) is 6.07 Å². The molecule has 1 atom stereocenters. The average Bonchev–Trinajstić information content (AvgIpc) is 2.32. The summed E-state index contributed by atoms with van der Waals surface area (Å²) < 4.78 is 26.1. The van der Waals surface area contributed by atoms with Crippen molar-refractivity contribution in [1.29, 1.82) is 0 Å². The third-order valence-corrected chi connectivity index (χ3v) is 2.57. The first kappa shape index (κ1) is 14.9. The number of nitrogens with zero attached hydrogens (tertiary/aromatic N) is 1. The van der Waals surface area contributed by atoms with Gasteiger partial charge in [-0.25, -0.2) is 8.78 Å². The summed E-state index contributed by atoms with van der Waals surface area (Å²) in [6, 6.07) is 2.78. The molecular weight excluding hydrogens is 256 g/mol. The highest BCUT2D eigenvalue weighted by Crippen LogP contribution is 2.18. The highest BCUT2D eigenvalue weighted by Gasteiger charge is 2.27. The number of amides is 1. The largest absolute Gasteiger partial charge is 0.409 e. The molecule has 0 bridgehead atoms. The van der Waals surface area contributed by atoms with Gasteiger partial charge in [-0.3, -0.25) is 4.79 Å². The van der Waals surface area contributed by atoms with Crippen LogP contribution in [0.3, 0.4) is 0 Å². The number of nitrogens with one attached hydrogen (secondary N) is 1. The van der Waals surface area contributed by atoms with Gasteiger partial charge in [0, 0.05) is 6.07 Å². The zero-order chi connectivity index (χ0) is 14.6. The normalized spacial score (nSPS) is 13.4. The molecule has 0 spiro atoms. The first-order chi connectivity index (χ1) is 8.86. The molecule has 1 aromatic carbocycles. The summed E-state index contributed by atoms with van der Waals surface area (Å²) in [6.07, 6.45) is 0. The van der Waals surface area contributed by atoms with E-state index < -0.39 is 23.5 Å². The molecule has 5 nitrogen and oxygen atoms in total. The van der Waals surface area contributed by atoms with Crippen LogP contribution in [0.15, 0.2) is 23.4 Å². The summed E-state index contributed by atoms with van der Waals surface area (Å²) in [5, 5.41) is 13.7. The minimum absolute atomic E-state index is 0.164. The number of amidine groups is 1. The molecular formula is C12H15F2N3O2. The molecule has 1 amide bonds. The van der Waals surface area contributed by atoms with Crippen molar-refractivity contribution in [3.63, 3.8) is 0 Å². The molecule has 19 heavy (non-hydrogen) atoms. The van der Waals surface area contributed by atoms with E-state index in [9.17, 15) is 13.6 Å². The Morgan fingerprint density at radius 2 is 2.05 bits per heavy atom. The van der Waals surface area contributed by atoms with Crippen molar-refractivity contribution in [3.05, 3.63) is 29.8 Å². The Morgan fingerprint density at radius 3 is 2.53 bits per heavy atom. The Bertz CT molecular complexity index is 504. The second-order valence-corrected chi connectivity index (χ2v) is 4.36. The van der Waals surface area contributed by atoms with E-state index >= 15 is 0 Å². The van der Waals surface area contributed by atoms with Gasteiger partial charge in [0.2, 0.25) is 5.91 Å². The number of anilines is 1. The first-order valence-electron chi connectivity index (χ1n) is 5.60. The van der Waals surface area contributed by atoms with Gasteiger partial charge in [-0.1, -0.05) is 19.0 Å². The number of halogens is 2. The predicted molar refractivity (Wildman–Crippen MR) is 66.7 cm³/mol. The zero-order valence-electron chi connectivity index (χ0n) is 10.5. The van der Waals surface area contributed by atoms with Gasteiger partial charge >= 0.3 is 0 Å². The van der Waals surface area contributed by atoms with Gasteiger partial charge in [0.1, 0.15) is 17.6 Å². The van der Waals surface area contributed by atoms with Crippen LogP contribution >= 0.6 is 0 Å². The third-order valence-electron chi connectivity index (χ3n) is 2.57. The summed E-state index contributed by atoms with van der Waals surface area (Å²) in [7, 11) is 0. The van der Waals surface area contributed by atoms with E-state index in [2.05, 4.69) is 10.5 Å². The van der Waals surface area contributed by atoms with Gasteiger partial charge < -0.3 is 16.3 Å². The lowest BCUT2D eigenvalue weighted by Gasteiger charge is -2.18. The third kappa shape index (κ3) is 3.64. The minimum Gasteiger partial charge on any atom is -0.409 e. The molecule has 0 saturated heterocycles. The summed E-state index contributed by atoms with van der Waals surface area (Å²) in [6.45, 7) is 3.40. The van der Waals surface area contributed by atoms with Crippen LogP contribution < -0.4 is 11.1 Å². The van der Waals surface area contributed by atoms with Gasteiger partial charge in [0.05, 0.1) is 5.69 Å². The Hall–Kier alpha value is -2.18. The Morgan fingerprint density at radius 1 is 1.42 bits per heavy atom. The number of carbonyl (C=O) groups excluding carboxylic acids is 1. The van der Waals surface area contributed by atoms with Crippen LogP contribution in [0.5, 0.6) is 0 Å². The molecule has 1 unspecified atom stereocenters. The number of rotatable bonds is 4. The van der Waals surface area contributed by atoms with Gasteiger partial charge in [-0.15, -0.1) is 0 Å².